The summed E-state index contributed by atoms with van der Waals surface area (Å²) < 4.78 is 2.55. The summed E-state index contributed by atoms with van der Waals surface area (Å²) in [6.07, 6.45) is 1.65. The molecule has 5 nitrogen and oxygen atoms in total. The number of nitro groups is 1. The standard InChI is InChI=1S/C10H8N2O3Se/c1-2-5-11-10(13)8-6-7(12(14)15)3-4-9(8)16-11/h2-4,6H,1,5H2. The van der Waals surface area contributed by atoms with Crippen LogP contribution in [0.4, 0.5) is 5.69 Å². The Hall–Kier alpha value is -1.65. The molecule has 0 aliphatic heterocycles. The zero-order valence-corrected chi connectivity index (χ0v) is 9.96. The summed E-state index contributed by atoms with van der Waals surface area (Å²) in [6.45, 7) is 4.06. The number of non-ortho nitro benzene ring substituents is 1. The van der Waals surface area contributed by atoms with E-state index in [1.165, 1.54) is 12.1 Å². The zero-order chi connectivity index (χ0) is 11.7. The van der Waals surface area contributed by atoms with Gasteiger partial charge in [-0.1, -0.05) is 0 Å². The molecular formula is C10H8N2O3Se. The van der Waals surface area contributed by atoms with Gasteiger partial charge in [0.25, 0.3) is 0 Å². The van der Waals surface area contributed by atoms with Crippen molar-refractivity contribution in [3.8, 4) is 0 Å². The van der Waals surface area contributed by atoms with E-state index in [1.807, 2.05) is 0 Å². The monoisotopic (exact) mass is 284 g/mol. The number of aromatic nitrogens is 1. The molecule has 0 saturated heterocycles. The van der Waals surface area contributed by atoms with E-state index in [9.17, 15) is 14.9 Å². The number of hydrogen-bond donors (Lipinski definition) is 0. The Balaban J connectivity index is 2.68. The van der Waals surface area contributed by atoms with Crippen LogP contribution in [0.1, 0.15) is 0 Å². The van der Waals surface area contributed by atoms with Crippen molar-refractivity contribution < 1.29 is 4.92 Å². The summed E-state index contributed by atoms with van der Waals surface area (Å²) in [5, 5.41) is 11.0. The van der Waals surface area contributed by atoms with E-state index in [4.69, 9.17) is 0 Å². The molecule has 1 aromatic carbocycles. The molecule has 0 unspecified atom stereocenters. The Morgan fingerprint density at radius 1 is 1.56 bits per heavy atom. The van der Waals surface area contributed by atoms with E-state index < -0.39 is 4.92 Å². The van der Waals surface area contributed by atoms with Crippen LogP contribution in [0.25, 0.3) is 9.65 Å². The Kier molecular flexibility index (Phi) is 2.76. The van der Waals surface area contributed by atoms with Crippen molar-refractivity contribution in [1.29, 1.82) is 0 Å². The number of nitro benzene ring substituents is 1. The van der Waals surface area contributed by atoms with Crippen LogP contribution in [0.15, 0.2) is 35.6 Å². The third-order valence-corrected chi connectivity index (χ3v) is 4.42. The van der Waals surface area contributed by atoms with E-state index in [0.29, 0.717) is 11.9 Å². The number of hydrogen-bond acceptors (Lipinski definition) is 3. The Bertz CT molecular complexity index is 627. The van der Waals surface area contributed by atoms with Crippen molar-refractivity contribution >= 4 is 30.1 Å². The van der Waals surface area contributed by atoms with Gasteiger partial charge in [-0.15, -0.1) is 0 Å². The first-order valence-corrected chi connectivity index (χ1v) is 6.15. The van der Waals surface area contributed by atoms with Gasteiger partial charge >= 0.3 is 96.4 Å². The topological polar surface area (TPSA) is 65.1 Å². The van der Waals surface area contributed by atoms with Gasteiger partial charge in [0.1, 0.15) is 0 Å². The summed E-state index contributed by atoms with van der Waals surface area (Å²) >= 11 is -0.0876. The fourth-order valence-electron chi connectivity index (χ4n) is 1.41. The second-order valence-corrected chi connectivity index (χ2v) is 5.41. The molecule has 0 saturated carbocycles. The number of nitrogens with zero attached hydrogens (tertiary/aromatic N) is 2. The molecule has 1 aromatic heterocycles. The van der Waals surface area contributed by atoms with Gasteiger partial charge in [0.15, 0.2) is 0 Å². The predicted molar refractivity (Wildman–Crippen MR) is 62.0 cm³/mol. The van der Waals surface area contributed by atoms with E-state index >= 15 is 0 Å². The summed E-state index contributed by atoms with van der Waals surface area (Å²) in [4.78, 5) is 21.9. The maximum absolute atomic E-state index is 11.8. The van der Waals surface area contributed by atoms with Crippen molar-refractivity contribution in [3.05, 3.63) is 51.3 Å². The number of fused-ring (bicyclic) bond motifs is 1. The number of allylic oxidation sites excluding steroid dienone is 1. The molecule has 0 amide bonds. The molecule has 0 aliphatic rings. The van der Waals surface area contributed by atoms with Crippen molar-refractivity contribution in [2.45, 2.75) is 6.54 Å². The van der Waals surface area contributed by atoms with E-state index in [1.54, 1.807) is 15.7 Å². The molecule has 2 aromatic rings. The molecule has 0 radical (unpaired) electrons. The summed E-state index contributed by atoms with van der Waals surface area (Å²) in [5.41, 5.74) is -0.179. The van der Waals surface area contributed by atoms with Crippen LogP contribution in [-0.4, -0.2) is 23.2 Å². The third-order valence-electron chi connectivity index (χ3n) is 2.13. The summed E-state index contributed by atoms with van der Waals surface area (Å²) in [5.74, 6) is 0. The second kappa shape index (κ2) is 4.08. The van der Waals surface area contributed by atoms with Crippen molar-refractivity contribution in [2.75, 3.05) is 0 Å². The van der Waals surface area contributed by atoms with Gasteiger partial charge in [-0.25, -0.2) is 0 Å². The number of benzene rings is 1. The zero-order valence-electron chi connectivity index (χ0n) is 8.25. The van der Waals surface area contributed by atoms with Gasteiger partial charge < -0.3 is 0 Å². The van der Waals surface area contributed by atoms with Crippen molar-refractivity contribution in [2.24, 2.45) is 0 Å². The minimum atomic E-state index is -0.489. The fraction of sp³-hybridized carbons (Fsp3) is 0.100. The SMILES string of the molecule is C=CCn1[se]c2ccc([N+](=O)[O-])cc2c1=O. The first kappa shape index (κ1) is 10.9. The van der Waals surface area contributed by atoms with Crippen LogP contribution in [0.5, 0.6) is 0 Å². The molecule has 0 N–H and O–H groups in total. The first-order chi connectivity index (χ1) is 7.63. The molecule has 0 bridgehead atoms. The molecule has 82 valence electrons. The van der Waals surface area contributed by atoms with Crippen LogP contribution in [0.3, 0.4) is 0 Å². The molecule has 0 aliphatic carbocycles. The molecular weight excluding hydrogens is 275 g/mol. The predicted octanol–water partition coefficient (Wildman–Crippen LogP) is 1.15. The molecule has 2 rings (SSSR count). The van der Waals surface area contributed by atoms with E-state index in [0.717, 1.165) is 4.26 Å². The summed E-state index contributed by atoms with van der Waals surface area (Å²) in [6, 6.07) is 4.45. The van der Waals surface area contributed by atoms with Crippen LogP contribution in [0, 0.1) is 10.1 Å². The molecule has 0 spiro atoms. The maximum atomic E-state index is 11.8. The average Bonchev–Trinajstić information content (AvgIpc) is 2.56. The van der Waals surface area contributed by atoms with E-state index in [-0.39, 0.29) is 26.0 Å². The Morgan fingerprint density at radius 3 is 2.94 bits per heavy atom. The van der Waals surface area contributed by atoms with Gasteiger partial charge in [-0.05, 0) is 0 Å². The van der Waals surface area contributed by atoms with Gasteiger partial charge in [-0.3, -0.25) is 0 Å². The third kappa shape index (κ3) is 1.73. The second-order valence-electron chi connectivity index (χ2n) is 3.18. The first-order valence-electron chi connectivity index (χ1n) is 4.52. The molecule has 1 heterocycles. The van der Waals surface area contributed by atoms with Crippen LogP contribution >= 0.6 is 0 Å². The molecule has 16 heavy (non-hydrogen) atoms. The molecule has 0 fully saturated rings. The van der Waals surface area contributed by atoms with Crippen LogP contribution in [-0.2, 0) is 6.54 Å². The average molecular weight is 283 g/mol. The normalized spacial score (nSPS) is 10.5. The van der Waals surface area contributed by atoms with Gasteiger partial charge in [-0.2, -0.15) is 0 Å². The van der Waals surface area contributed by atoms with Gasteiger partial charge in [0.2, 0.25) is 0 Å². The van der Waals surface area contributed by atoms with Gasteiger partial charge in [0, 0.05) is 0 Å². The van der Waals surface area contributed by atoms with Gasteiger partial charge in [0.05, 0.1) is 0 Å². The Labute approximate surface area is 96.7 Å². The molecule has 0 atom stereocenters. The molecule has 6 heteroatoms. The fourth-order valence-corrected chi connectivity index (χ4v) is 3.45. The van der Waals surface area contributed by atoms with Crippen LogP contribution < -0.4 is 5.56 Å². The quantitative estimate of drug-likeness (QED) is 0.367. The summed E-state index contributed by atoms with van der Waals surface area (Å²) in [7, 11) is 0. The van der Waals surface area contributed by atoms with Crippen LogP contribution in [0.2, 0.25) is 0 Å². The van der Waals surface area contributed by atoms with Crippen molar-refractivity contribution in [1.82, 2.24) is 3.56 Å². The minimum absolute atomic E-state index is 0.0386. The number of rotatable bonds is 3. The van der Waals surface area contributed by atoms with E-state index in [2.05, 4.69) is 6.58 Å². The Morgan fingerprint density at radius 2 is 2.31 bits per heavy atom. The van der Waals surface area contributed by atoms with Crippen molar-refractivity contribution in [3.63, 3.8) is 0 Å².